The molecule has 32 heavy (non-hydrogen) atoms. The molecule has 15 heteroatoms. The van der Waals surface area contributed by atoms with Crippen molar-refractivity contribution in [3.05, 3.63) is 34.8 Å². The number of nitrogen functional groups attached to an aromatic ring is 1. The lowest BCUT2D eigenvalue weighted by molar-refractivity contribution is -0.146. The Kier molecular flexibility index (Phi) is 6.12. The third kappa shape index (κ3) is 3.93. The van der Waals surface area contributed by atoms with Crippen LogP contribution >= 0.6 is 34.9 Å². The van der Waals surface area contributed by atoms with Crippen LogP contribution in [0.1, 0.15) is 12.1 Å². The van der Waals surface area contributed by atoms with Gasteiger partial charge in [-0.1, -0.05) is 28.7 Å². The molecule has 2 atom stereocenters. The molecule has 2 aliphatic rings. The lowest BCUT2D eigenvalue weighted by atomic mass is 9.98. The topological polar surface area (TPSA) is 173 Å². The van der Waals surface area contributed by atoms with Gasteiger partial charge in [0.1, 0.15) is 25.3 Å². The van der Waals surface area contributed by atoms with Crippen molar-refractivity contribution in [1.29, 1.82) is 0 Å². The molecule has 0 spiro atoms. The minimum Gasteiger partial charge on any atom is -0.477 e. The number of thiazole rings is 1. The highest BCUT2D eigenvalue weighted by atomic mass is 32.2. The Hall–Kier alpha value is -3.04. The van der Waals surface area contributed by atoms with Crippen LogP contribution in [0.4, 0.5) is 5.13 Å². The smallest absolute Gasteiger partial charge is 0.352 e. The number of nitrogens with two attached hydrogens (primary N) is 1. The standard InChI is InChI=1S/C17H16N6O6S3/c1-28-20-5-10(24)22-17(9-7-30-15(18)21-9)8(6-31-16-19-2-3-29-16)13(14(26)27)23-11(25)4-12(23)32-17/h2-3,5,7,12H,4,6H2,1H3,(H2,18,21)(H,22,24)(H,26,27)/t12-,17?/m0/s1. The van der Waals surface area contributed by atoms with Crippen LogP contribution in [0.15, 0.2) is 43.9 Å². The summed E-state index contributed by atoms with van der Waals surface area (Å²) in [6.07, 6.45) is 3.88. The summed E-state index contributed by atoms with van der Waals surface area (Å²) < 4.78 is 5.25. The number of oxazole rings is 1. The molecular weight excluding hydrogens is 480 g/mol. The van der Waals surface area contributed by atoms with E-state index in [4.69, 9.17) is 10.2 Å². The summed E-state index contributed by atoms with van der Waals surface area (Å²) in [6.45, 7) is 0. The Balaban J connectivity index is 1.88. The van der Waals surface area contributed by atoms with Gasteiger partial charge in [-0.2, -0.15) is 0 Å². The summed E-state index contributed by atoms with van der Waals surface area (Å²) >= 11 is 3.46. The summed E-state index contributed by atoms with van der Waals surface area (Å²) in [5, 5.41) is 18.0. The third-order valence-electron chi connectivity index (χ3n) is 4.58. The molecule has 4 rings (SSSR count). The number of nitrogens with one attached hydrogen (secondary N) is 1. The maximum atomic E-state index is 12.7. The number of oxime groups is 1. The fourth-order valence-corrected chi connectivity index (χ4v) is 6.61. The number of hydrogen-bond acceptors (Lipinski definition) is 12. The molecule has 4 N–H and O–H groups in total. The molecule has 4 heterocycles. The first kappa shape index (κ1) is 22.2. The fourth-order valence-electron chi connectivity index (χ4n) is 3.29. The van der Waals surface area contributed by atoms with E-state index in [0.717, 1.165) is 29.3 Å². The Bertz CT molecular complexity index is 1120. The van der Waals surface area contributed by atoms with Crippen LogP contribution in [0.3, 0.4) is 0 Å². The van der Waals surface area contributed by atoms with E-state index >= 15 is 0 Å². The van der Waals surface area contributed by atoms with Crippen molar-refractivity contribution in [1.82, 2.24) is 20.2 Å². The Morgan fingerprint density at radius 2 is 2.41 bits per heavy atom. The van der Waals surface area contributed by atoms with E-state index in [-0.39, 0.29) is 34.5 Å². The van der Waals surface area contributed by atoms with E-state index < -0.39 is 22.1 Å². The van der Waals surface area contributed by atoms with Crippen LogP contribution in [0.2, 0.25) is 0 Å². The monoisotopic (exact) mass is 496 g/mol. The van der Waals surface area contributed by atoms with Gasteiger partial charge in [-0.3, -0.25) is 14.5 Å². The first-order valence-electron chi connectivity index (χ1n) is 8.95. The molecule has 2 aromatic rings. The number of amides is 2. The van der Waals surface area contributed by atoms with Gasteiger partial charge in [0.15, 0.2) is 10.0 Å². The zero-order valence-electron chi connectivity index (χ0n) is 16.4. The van der Waals surface area contributed by atoms with Crippen LogP contribution < -0.4 is 11.1 Å². The van der Waals surface area contributed by atoms with Gasteiger partial charge in [0.05, 0.1) is 23.7 Å². The number of rotatable bonds is 8. The van der Waals surface area contributed by atoms with E-state index in [2.05, 4.69) is 25.3 Å². The average molecular weight is 497 g/mol. The van der Waals surface area contributed by atoms with Crippen LogP contribution in [-0.4, -0.2) is 62.2 Å². The summed E-state index contributed by atoms with van der Waals surface area (Å²) in [5.41, 5.74) is 6.20. The molecule has 2 aromatic heterocycles. The van der Waals surface area contributed by atoms with Crippen molar-refractivity contribution in [2.45, 2.75) is 21.9 Å². The lowest BCUT2D eigenvalue weighted by Crippen LogP contribution is -2.61. The van der Waals surface area contributed by atoms with Crippen LogP contribution in [0.5, 0.6) is 0 Å². The highest BCUT2D eigenvalue weighted by molar-refractivity contribution is 8.01. The van der Waals surface area contributed by atoms with E-state index in [1.54, 1.807) is 5.38 Å². The lowest BCUT2D eigenvalue weighted by Gasteiger charge is -2.51. The van der Waals surface area contributed by atoms with Gasteiger partial charge in [0.2, 0.25) is 5.91 Å². The number of anilines is 1. The number of β-lactam (4-membered cyclic amide) rings is 1. The second-order valence-electron chi connectivity index (χ2n) is 6.42. The van der Waals surface area contributed by atoms with Crippen molar-refractivity contribution in [2.24, 2.45) is 5.16 Å². The molecule has 2 aliphatic heterocycles. The van der Waals surface area contributed by atoms with Crippen molar-refractivity contribution in [2.75, 3.05) is 18.6 Å². The minimum atomic E-state index is -1.43. The van der Waals surface area contributed by atoms with Gasteiger partial charge >= 0.3 is 5.97 Å². The average Bonchev–Trinajstić information content (AvgIpc) is 3.42. The van der Waals surface area contributed by atoms with Gasteiger partial charge in [-0.05, 0) is 0 Å². The number of carbonyl (C=O) groups is 3. The highest BCUT2D eigenvalue weighted by Crippen LogP contribution is 2.54. The molecule has 0 bridgehead atoms. The second kappa shape index (κ2) is 8.84. The molecule has 1 fully saturated rings. The van der Waals surface area contributed by atoms with Crippen molar-refractivity contribution >= 4 is 64.0 Å². The van der Waals surface area contributed by atoms with E-state index in [1.807, 2.05) is 0 Å². The molecule has 0 radical (unpaired) electrons. The van der Waals surface area contributed by atoms with E-state index in [0.29, 0.717) is 10.9 Å². The number of carboxylic acid groups (broad SMARTS) is 1. The second-order valence-corrected chi connectivity index (χ2v) is 9.63. The van der Waals surface area contributed by atoms with Gasteiger partial charge in [-0.15, -0.1) is 11.3 Å². The minimum absolute atomic E-state index is 0.0325. The first-order valence-corrected chi connectivity index (χ1v) is 11.7. The number of aromatic nitrogens is 2. The predicted octanol–water partition coefficient (Wildman–Crippen LogP) is 1.05. The highest BCUT2D eigenvalue weighted by Gasteiger charge is 2.56. The quantitative estimate of drug-likeness (QED) is 0.206. The summed E-state index contributed by atoms with van der Waals surface area (Å²) in [6, 6.07) is 0. The summed E-state index contributed by atoms with van der Waals surface area (Å²) in [5.74, 6) is -2.24. The maximum Gasteiger partial charge on any atom is 0.352 e. The number of aliphatic carboxylic acids is 1. The normalized spacial score (nSPS) is 22.6. The number of hydrogen-bond donors (Lipinski definition) is 3. The first-order chi connectivity index (χ1) is 15.4. The molecule has 168 valence electrons. The molecule has 0 saturated carbocycles. The van der Waals surface area contributed by atoms with Gasteiger partial charge in [0, 0.05) is 16.7 Å². The zero-order valence-corrected chi connectivity index (χ0v) is 18.8. The zero-order chi connectivity index (χ0) is 22.9. The van der Waals surface area contributed by atoms with Gasteiger partial charge in [0.25, 0.3) is 11.1 Å². The predicted molar refractivity (Wildman–Crippen MR) is 117 cm³/mol. The van der Waals surface area contributed by atoms with E-state index in [1.165, 1.54) is 36.2 Å². The molecule has 0 aromatic carbocycles. The molecular formula is C17H16N6O6S3. The summed E-state index contributed by atoms with van der Waals surface area (Å²) in [7, 11) is 1.29. The summed E-state index contributed by atoms with van der Waals surface area (Å²) in [4.78, 5) is 50.1. The molecule has 2 amide bonds. The van der Waals surface area contributed by atoms with Gasteiger partial charge < -0.3 is 25.4 Å². The SMILES string of the molecule is CON=CC(=O)NC1(c2csc(N)n2)S[C@H]2CC(=O)N2C(C(=O)O)=C1CSc1ncco1. The van der Waals surface area contributed by atoms with Crippen molar-refractivity contribution in [3.63, 3.8) is 0 Å². The Morgan fingerprint density at radius 1 is 1.59 bits per heavy atom. The fraction of sp³-hybridized carbons (Fsp3) is 0.294. The van der Waals surface area contributed by atoms with Crippen LogP contribution in [0.25, 0.3) is 0 Å². The van der Waals surface area contributed by atoms with Crippen molar-refractivity contribution in [3.8, 4) is 0 Å². The van der Waals surface area contributed by atoms with Crippen molar-refractivity contribution < 1.29 is 28.7 Å². The molecule has 1 unspecified atom stereocenters. The van der Waals surface area contributed by atoms with Crippen LogP contribution in [0, 0.1) is 0 Å². The third-order valence-corrected chi connectivity index (χ3v) is 7.70. The number of nitrogens with zero attached hydrogens (tertiary/aromatic N) is 4. The maximum absolute atomic E-state index is 12.7. The number of thioether (sulfide) groups is 2. The van der Waals surface area contributed by atoms with E-state index in [9.17, 15) is 19.5 Å². The van der Waals surface area contributed by atoms with Gasteiger partial charge in [-0.25, -0.2) is 14.8 Å². The number of carbonyl (C=O) groups excluding carboxylic acids is 2. The number of fused-ring (bicyclic) bond motifs is 1. The number of carboxylic acids is 1. The van der Waals surface area contributed by atoms with Crippen LogP contribution in [-0.2, 0) is 24.1 Å². The molecule has 12 nitrogen and oxygen atoms in total. The largest absolute Gasteiger partial charge is 0.477 e. The molecule has 0 aliphatic carbocycles. The Morgan fingerprint density at radius 3 is 3.00 bits per heavy atom. The Labute approximate surface area is 193 Å². The molecule has 1 saturated heterocycles.